The molecule has 0 aliphatic heterocycles. The lowest BCUT2D eigenvalue weighted by Crippen LogP contribution is -2.34. The molecule has 18 heavy (non-hydrogen) atoms. The Balaban J connectivity index is 2.36. The third-order valence-corrected chi connectivity index (χ3v) is 3.14. The van der Waals surface area contributed by atoms with Crippen molar-refractivity contribution in [1.82, 2.24) is 10.2 Å². The van der Waals surface area contributed by atoms with Crippen molar-refractivity contribution in [1.29, 1.82) is 0 Å². The highest BCUT2D eigenvalue weighted by Gasteiger charge is 2.15. The second kappa shape index (κ2) is 7.52. The average molecular weight is 250 g/mol. The molecular formula is C15H26N2O. The zero-order chi connectivity index (χ0) is 13.5. The van der Waals surface area contributed by atoms with E-state index in [9.17, 15) is 5.11 Å². The SMILES string of the molecule is Cc1ccc(C(O)C(C)NCCCN(C)C)cc1. The second-order valence-electron chi connectivity index (χ2n) is 5.26. The largest absolute Gasteiger partial charge is 0.387 e. The third-order valence-electron chi connectivity index (χ3n) is 3.14. The minimum atomic E-state index is -0.440. The van der Waals surface area contributed by atoms with Crippen LogP contribution in [0.4, 0.5) is 0 Å². The highest BCUT2D eigenvalue weighted by molar-refractivity contribution is 5.23. The van der Waals surface area contributed by atoms with Gasteiger partial charge in [-0.1, -0.05) is 29.8 Å². The van der Waals surface area contributed by atoms with Gasteiger partial charge in [-0.2, -0.15) is 0 Å². The molecule has 2 atom stereocenters. The van der Waals surface area contributed by atoms with E-state index in [1.54, 1.807) is 0 Å². The normalized spacial score (nSPS) is 14.8. The van der Waals surface area contributed by atoms with Crippen LogP contribution in [0.5, 0.6) is 0 Å². The number of benzene rings is 1. The summed E-state index contributed by atoms with van der Waals surface area (Å²) >= 11 is 0. The van der Waals surface area contributed by atoms with E-state index in [-0.39, 0.29) is 6.04 Å². The van der Waals surface area contributed by atoms with E-state index >= 15 is 0 Å². The van der Waals surface area contributed by atoms with Gasteiger partial charge in [0, 0.05) is 6.04 Å². The van der Waals surface area contributed by atoms with Crippen LogP contribution < -0.4 is 5.32 Å². The van der Waals surface area contributed by atoms with Crippen molar-refractivity contribution in [2.75, 3.05) is 27.2 Å². The standard InChI is InChI=1S/C15H26N2O/c1-12-6-8-14(9-7-12)15(18)13(2)16-10-5-11-17(3)4/h6-9,13,15-16,18H,5,10-11H2,1-4H3. The summed E-state index contributed by atoms with van der Waals surface area (Å²) in [4.78, 5) is 2.17. The summed E-state index contributed by atoms with van der Waals surface area (Å²) < 4.78 is 0. The number of aliphatic hydroxyl groups is 1. The number of rotatable bonds is 7. The number of hydrogen-bond donors (Lipinski definition) is 2. The maximum atomic E-state index is 10.2. The Morgan fingerprint density at radius 2 is 1.83 bits per heavy atom. The van der Waals surface area contributed by atoms with Gasteiger partial charge in [-0.15, -0.1) is 0 Å². The lowest BCUT2D eigenvalue weighted by Gasteiger charge is -2.21. The average Bonchev–Trinajstić information content (AvgIpc) is 2.34. The van der Waals surface area contributed by atoms with Crippen LogP contribution in [-0.4, -0.2) is 43.2 Å². The van der Waals surface area contributed by atoms with Crippen LogP contribution in [0.25, 0.3) is 0 Å². The van der Waals surface area contributed by atoms with Crippen molar-refractivity contribution in [2.45, 2.75) is 32.4 Å². The van der Waals surface area contributed by atoms with E-state index in [0.717, 1.165) is 25.1 Å². The van der Waals surface area contributed by atoms with E-state index in [1.807, 2.05) is 31.2 Å². The van der Waals surface area contributed by atoms with Gasteiger partial charge < -0.3 is 15.3 Å². The van der Waals surface area contributed by atoms with Crippen LogP contribution in [0, 0.1) is 6.92 Å². The van der Waals surface area contributed by atoms with Gasteiger partial charge in [0.15, 0.2) is 0 Å². The summed E-state index contributed by atoms with van der Waals surface area (Å²) in [6.45, 7) is 6.09. The molecule has 0 saturated heterocycles. The molecule has 0 spiro atoms. The molecule has 2 N–H and O–H groups in total. The molecule has 2 unspecified atom stereocenters. The van der Waals surface area contributed by atoms with Gasteiger partial charge in [-0.05, 0) is 53.0 Å². The van der Waals surface area contributed by atoms with E-state index in [0.29, 0.717) is 0 Å². The van der Waals surface area contributed by atoms with Gasteiger partial charge in [0.2, 0.25) is 0 Å². The Morgan fingerprint density at radius 3 is 2.39 bits per heavy atom. The topological polar surface area (TPSA) is 35.5 Å². The molecule has 0 saturated carbocycles. The molecule has 0 amide bonds. The fraction of sp³-hybridized carbons (Fsp3) is 0.600. The molecule has 3 heteroatoms. The van der Waals surface area contributed by atoms with Crippen LogP contribution in [0.1, 0.15) is 30.6 Å². The molecule has 1 aromatic rings. The smallest absolute Gasteiger partial charge is 0.0940 e. The number of nitrogens with zero attached hydrogens (tertiary/aromatic N) is 1. The monoisotopic (exact) mass is 250 g/mol. The van der Waals surface area contributed by atoms with Crippen molar-refractivity contribution in [3.05, 3.63) is 35.4 Å². The highest BCUT2D eigenvalue weighted by Crippen LogP contribution is 2.17. The molecule has 0 heterocycles. The van der Waals surface area contributed by atoms with Crippen molar-refractivity contribution in [2.24, 2.45) is 0 Å². The Labute approximate surface area is 111 Å². The zero-order valence-corrected chi connectivity index (χ0v) is 12.0. The molecule has 0 aliphatic carbocycles. The number of hydrogen-bond acceptors (Lipinski definition) is 3. The van der Waals surface area contributed by atoms with Crippen LogP contribution in [0.3, 0.4) is 0 Å². The molecular weight excluding hydrogens is 224 g/mol. The summed E-state index contributed by atoms with van der Waals surface area (Å²) in [5.41, 5.74) is 2.20. The van der Waals surface area contributed by atoms with E-state index in [4.69, 9.17) is 0 Å². The van der Waals surface area contributed by atoms with Gasteiger partial charge >= 0.3 is 0 Å². The minimum absolute atomic E-state index is 0.0786. The highest BCUT2D eigenvalue weighted by atomic mass is 16.3. The lowest BCUT2D eigenvalue weighted by molar-refractivity contribution is 0.135. The van der Waals surface area contributed by atoms with Gasteiger partial charge in [0.25, 0.3) is 0 Å². The van der Waals surface area contributed by atoms with E-state index in [1.165, 1.54) is 5.56 Å². The van der Waals surface area contributed by atoms with Crippen LogP contribution >= 0.6 is 0 Å². The van der Waals surface area contributed by atoms with E-state index in [2.05, 4.69) is 31.2 Å². The minimum Gasteiger partial charge on any atom is -0.387 e. The summed E-state index contributed by atoms with van der Waals surface area (Å²) in [5.74, 6) is 0. The summed E-state index contributed by atoms with van der Waals surface area (Å²) in [7, 11) is 4.15. The fourth-order valence-electron chi connectivity index (χ4n) is 1.89. The second-order valence-corrected chi connectivity index (χ2v) is 5.26. The maximum Gasteiger partial charge on any atom is 0.0940 e. The van der Waals surface area contributed by atoms with Gasteiger partial charge in [0.05, 0.1) is 6.10 Å². The summed E-state index contributed by atoms with van der Waals surface area (Å²) in [5, 5.41) is 13.6. The molecule has 0 bridgehead atoms. The first-order chi connectivity index (χ1) is 8.50. The molecule has 0 radical (unpaired) electrons. The first kappa shape index (κ1) is 15.2. The Hall–Kier alpha value is -0.900. The maximum absolute atomic E-state index is 10.2. The molecule has 0 aliphatic rings. The first-order valence-electron chi connectivity index (χ1n) is 6.63. The number of aryl methyl sites for hydroxylation is 1. The van der Waals surface area contributed by atoms with Gasteiger partial charge in [0.1, 0.15) is 0 Å². The Morgan fingerprint density at radius 1 is 1.22 bits per heavy atom. The predicted octanol–water partition coefficient (Wildman–Crippen LogP) is 1.96. The van der Waals surface area contributed by atoms with Crippen LogP contribution in [0.15, 0.2) is 24.3 Å². The van der Waals surface area contributed by atoms with Gasteiger partial charge in [-0.3, -0.25) is 0 Å². The van der Waals surface area contributed by atoms with Gasteiger partial charge in [-0.25, -0.2) is 0 Å². The van der Waals surface area contributed by atoms with Crippen molar-refractivity contribution in [3.8, 4) is 0 Å². The Kier molecular flexibility index (Phi) is 6.33. The zero-order valence-electron chi connectivity index (χ0n) is 12.0. The molecule has 0 aromatic heterocycles. The van der Waals surface area contributed by atoms with E-state index < -0.39 is 6.10 Å². The molecule has 3 nitrogen and oxygen atoms in total. The Bertz CT molecular complexity index is 335. The first-order valence-corrected chi connectivity index (χ1v) is 6.63. The van der Waals surface area contributed by atoms with Crippen LogP contribution in [0.2, 0.25) is 0 Å². The quantitative estimate of drug-likeness (QED) is 0.726. The van der Waals surface area contributed by atoms with Crippen molar-refractivity contribution >= 4 is 0 Å². The number of nitrogens with one attached hydrogen (secondary N) is 1. The molecule has 102 valence electrons. The summed E-state index contributed by atoms with van der Waals surface area (Å²) in [6, 6.07) is 8.15. The predicted molar refractivity (Wildman–Crippen MR) is 76.8 cm³/mol. The van der Waals surface area contributed by atoms with Crippen molar-refractivity contribution in [3.63, 3.8) is 0 Å². The summed E-state index contributed by atoms with van der Waals surface area (Å²) in [6.07, 6.45) is 0.655. The number of aliphatic hydroxyl groups excluding tert-OH is 1. The molecule has 1 aromatic carbocycles. The molecule has 1 rings (SSSR count). The third kappa shape index (κ3) is 5.17. The lowest BCUT2D eigenvalue weighted by atomic mass is 10.0. The van der Waals surface area contributed by atoms with Crippen LogP contribution in [-0.2, 0) is 0 Å². The fourth-order valence-corrected chi connectivity index (χ4v) is 1.89. The van der Waals surface area contributed by atoms with Crippen molar-refractivity contribution < 1.29 is 5.11 Å². The molecule has 0 fully saturated rings.